The Kier molecular flexibility index (Phi) is 7.27. The maximum atomic E-state index is 12.9. The van der Waals surface area contributed by atoms with Crippen LogP contribution in [-0.4, -0.2) is 54.2 Å². The minimum absolute atomic E-state index is 1.08. The van der Waals surface area contributed by atoms with Crippen LogP contribution in [0.4, 0.5) is 65.9 Å². The van der Waals surface area contributed by atoms with Crippen molar-refractivity contribution in [1.82, 2.24) is 0 Å². The van der Waals surface area contributed by atoms with E-state index in [-0.39, 0.29) is 0 Å². The lowest BCUT2D eigenvalue weighted by Crippen LogP contribution is -2.64. The van der Waals surface area contributed by atoms with Gasteiger partial charge in [0.15, 0.2) is 0 Å². The number of alkyl halides is 15. The molecule has 0 aliphatic rings. The van der Waals surface area contributed by atoms with Crippen LogP contribution < -0.4 is 0 Å². The first-order valence-corrected chi connectivity index (χ1v) is 6.32. The van der Waals surface area contributed by atoms with E-state index in [2.05, 4.69) is 4.74 Å². The lowest BCUT2D eigenvalue weighted by molar-refractivity contribution is -0.542. The molecule has 0 aliphatic heterocycles. The van der Waals surface area contributed by atoms with Gasteiger partial charge in [-0.15, -0.1) is 0 Å². The maximum Gasteiger partial charge on any atom is 0.460 e. The molecule has 0 saturated heterocycles. The highest BCUT2D eigenvalue weighted by Gasteiger charge is 2.85. The molecule has 28 heavy (non-hydrogen) atoms. The summed E-state index contributed by atoms with van der Waals surface area (Å²) in [6.45, 7) is -1.13. The second-order valence-electron chi connectivity index (χ2n) is 4.87. The molecule has 1 N–H and O–H groups in total. The van der Waals surface area contributed by atoms with Gasteiger partial charge in [0.2, 0.25) is 0 Å². The van der Waals surface area contributed by atoms with E-state index in [9.17, 15) is 65.9 Å². The zero-order valence-corrected chi connectivity index (χ0v) is 12.6. The molecule has 18 heteroatoms. The van der Waals surface area contributed by atoms with Crippen molar-refractivity contribution in [3.8, 4) is 0 Å². The van der Waals surface area contributed by atoms with E-state index in [4.69, 9.17) is 5.11 Å². The van der Waals surface area contributed by atoms with E-state index >= 15 is 0 Å². The predicted molar refractivity (Wildman–Crippen MR) is 54.2 cm³/mol. The lowest BCUT2D eigenvalue weighted by Gasteiger charge is -2.36. The summed E-state index contributed by atoms with van der Waals surface area (Å²) in [7, 11) is 0. The van der Waals surface area contributed by atoms with Gasteiger partial charge in [-0.2, -0.15) is 65.9 Å². The summed E-state index contributed by atoms with van der Waals surface area (Å²) in [5, 5.41) is 8.18. The number of ether oxygens (including phenoxy) is 2. The van der Waals surface area contributed by atoms with E-state index in [1.807, 2.05) is 0 Å². The summed E-state index contributed by atoms with van der Waals surface area (Å²) in [6.07, 6.45) is -37.6. The summed E-state index contributed by atoms with van der Waals surface area (Å²) < 4.78 is 192. The van der Waals surface area contributed by atoms with Gasteiger partial charge in [0.25, 0.3) is 0 Å². The largest absolute Gasteiger partial charge is 0.460 e. The Morgan fingerprint density at radius 3 is 1.29 bits per heavy atom. The Bertz CT molecular complexity index is 527. The van der Waals surface area contributed by atoms with Crippen LogP contribution in [0.15, 0.2) is 0 Å². The molecule has 0 aromatic heterocycles. The Balaban J connectivity index is 5.76. The quantitative estimate of drug-likeness (QED) is 0.467. The monoisotopic (exact) mass is 460 g/mol. The fourth-order valence-corrected chi connectivity index (χ4v) is 1.23. The molecule has 0 fully saturated rings. The molecule has 0 amide bonds. The molecule has 170 valence electrons. The van der Waals surface area contributed by atoms with Crippen LogP contribution in [0.5, 0.6) is 0 Å². The summed E-state index contributed by atoms with van der Waals surface area (Å²) in [4.78, 5) is 0. The van der Waals surface area contributed by atoms with Crippen molar-refractivity contribution in [3.63, 3.8) is 0 Å². The number of hydrogen-bond acceptors (Lipinski definition) is 3. The highest BCUT2D eigenvalue weighted by Crippen LogP contribution is 2.56. The minimum Gasteiger partial charge on any atom is -0.396 e. The molecule has 3 nitrogen and oxygen atoms in total. The van der Waals surface area contributed by atoms with Crippen LogP contribution in [0.3, 0.4) is 0 Å². The van der Waals surface area contributed by atoms with E-state index in [1.54, 1.807) is 0 Å². The van der Waals surface area contributed by atoms with Crippen molar-refractivity contribution in [2.75, 3.05) is 6.61 Å². The third kappa shape index (κ3) is 5.25. The number of hydrogen-bond donors (Lipinski definition) is 1. The Hall–Kier alpha value is -1.17. The van der Waals surface area contributed by atoms with Crippen LogP contribution in [0.1, 0.15) is 12.8 Å². The molecule has 0 radical (unpaired) electrons. The average molecular weight is 460 g/mol. The van der Waals surface area contributed by atoms with Crippen LogP contribution in [0.25, 0.3) is 0 Å². The normalized spacial score (nSPS) is 15.9. The van der Waals surface area contributed by atoms with Gasteiger partial charge in [0.05, 0.1) is 0 Å². The average Bonchev–Trinajstić information content (AvgIpc) is 2.41. The molecular weight excluding hydrogens is 453 g/mol. The summed E-state index contributed by atoms with van der Waals surface area (Å²) in [6, 6.07) is 0. The summed E-state index contributed by atoms with van der Waals surface area (Å²) in [5.41, 5.74) is 0. The molecule has 0 bridgehead atoms. The smallest absolute Gasteiger partial charge is 0.396 e. The van der Waals surface area contributed by atoms with Crippen molar-refractivity contribution in [1.29, 1.82) is 0 Å². The topological polar surface area (TPSA) is 38.7 Å². The van der Waals surface area contributed by atoms with Gasteiger partial charge in [-0.05, 0) is 6.42 Å². The minimum atomic E-state index is -7.88. The van der Waals surface area contributed by atoms with Crippen LogP contribution >= 0.6 is 0 Å². The van der Waals surface area contributed by atoms with Crippen molar-refractivity contribution in [2.45, 2.75) is 55.3 Å². The van der Waals surface area contributed by atoms with Crippen molar-refractivity contribution >= 4 is 0 Å². The maximum absolute atomic E-state index is 12.9. The summed E-state index contributed by atoms with van der Waals surface area (Å²) in [5.74, 6) is -15.6. The van der Waals surface area contributed by atoms with Crippen molar-refractivity contribution in [2.24, 2.45) is 0 Å². The SMILES string of the molecule is OCCCC(F)(F)OC(F)(F)C(F)(F)OC(F)(F)C(F)(F)C(F)(F)C(F)(F)F. The molecule has 0 saturated carbocycles. The standard InChI is InChI=1S/C10H7F15O3/c11-4(12,2-1-3-26)27-9(22,23)10(24,25)28-8(20,21)6(15,16)5(13,14)7(17,18)19/h26H,1-3H2. The van der Waals surface area contributed by atoms with Gasteiger partial charge >= 0.3 is 42.5 Å². The van der Waals surface area contributed by atoms with E-state index in [0.29, 0.717) is 0 Å². The van der Waals surface area contributed by atoms with Gasteiger partial charge in [-0.3, -0.25) is 0 Å². The fraction of sp³-hybridized carbons (Fsp3) is 1.00. The molecule has 0 aromatic carbocycles. The molecule has 0 spiro atoms. The lowest BCUT2D eigenvalue weighted by atomic mass is 10.1. The molecule has 0 unspecified atom stereocenters. The van der Waals surface area contributed by atoms with Gasteiger partial charge in [0, 0.05) is 13.0 Å². The molecule has 0 aliphatic carbocycles. The highest BCUT2D eigenvalue weighted by molar-refractivity contribution is 4.97. The van der Waals surface area contributed by atoms with Gasteiger partial charge in [0.1, 0.15) is 0 Å². The Labute approximate surface area is 144 Å². The molecule has 0 heterocycles. The second kappa shape index (κ2) is 7.58. The van der Waals surface area contributed by atoms with E-state index in [0.717, 1.165) is 0 Å². The van der Waals surface area contributed by atoms with Crippen LogP contribution in [-0.2, 0) is 9.47 Å². The zero-order chi connectivity index (χ0) is 23.0. The first-order chi connectivity index (χ1) is 12.0. The molecule has 0 atom stereocenters. The van der Waals surface area contributed by atoms with E-state index < -0.39 is 61.9 Å². The van der Waals surface area contributed by atoms with Crippen molar-refractivity contribution in [3.05, 3.63) is 0 Å². The summed E-state index contributed by atoms with van der Waals surface area (Å²) >= 11 is 0. The first-order valence-electron chi connectivity index (χ1n) is 6.32. The number of aliphatic hydroxyl groups excluding tert-OH is 1. The first kappa shape index (κ1) is 26.8. The third-order valence-corrected chi connectivity index (χ3v) is 2.61. The third-order valence-electron chi connectivity index (χ3n) is 2.61. The number of rotatable bonds is 10. The Morgan fingerprint density at radius 1 is 0.536 bits per heavy atom. The van der Waals surface area contributed by atoms with Crippen molar-refractivity contribution < 1.29 is 80.4 Å². The highest BCUT2D eigenvalue weighted by atomic mass is 19.4. The van der Waals surface area contributed by atoms with E-state index in [1.165, 1.54) is 4.74 Å². The zero-order valence-electron chi connectivity index (χ0n) is 12.6. The van der Waals surface area contributed by atoms with Crippen LogP contribution in [0, 0.1) is 0 Å². The second-order valence-corrected chi connectivity index (χ2v) is 4.87. The predicted octanol–water partition coefficient (Wildman–Crippen LogP) is 5.00. The fourth-order valence-electron chi connectivity index (χ4n) is 1.23. The molecular formula is C10H7F15O3. The number of aliphatic hydroxyl groups is 1. The van der Waals surface area contributed by atoms with Gasteiger partial charge in [-0.25, -0.2) is 9.47 Å². The Morgan fingerprint density at radius 2 is 0.929 bits per heavy atom. The van der Waals surface area contributed by atoms with Gasteiger partial charge in [-0.1, -0.05) is 0 Å². The molecule has 0 rings (SSSR count). The number of halogens is 15. The molecule has 0 aromatic rings. The van der Waals surface area contributed by atoms with Gasteiger partial charge < -0.3 is 5.11 Å². The van der Waals surface area contributed by atoms with Crippen LogP contribution in [0.2, 0.25) is 0 Å².